The lowest BCUT2D eigenvalue weighted by atomic mass is 10.1. The maximum absolute atomic E-state index is 12.2. The predicted octanol–water partition coefficient (Wildman–Crippen LogP) is 0.735. The molecule has 17 heavy (non-hydrogen) atoms. The second-order valence-electron chi connectivity index (χ2n) is 5.02. The van der Waals surface area contributed by atoms with Crippen LogP contribution in [0.25, 0.3) is 0 Å². The van der Waals surface area contributed by atoms with Gasteiger partial charge in [0.2, 0.25) is 5.91 Å². The number of carboxylic acid groups (broad SMARTS) is 1. The standard InChI is InChI=1S/C12H19NO4/c1-8(12(15)16)6-13(10-2-3-10)11(14)9-4-5-17-7-9/h8-10H,2-7H2,1H3,(H,15,16)/t8-,9-/m1/s1. The number of hydrogen-bond donors (Lipinski definition) is 1. The van der Waals surface area contributed by atoms with E-state index in [2.05, 4.69) is 0 Å². The van der Waals surface area contributed by atoms with Crippen molar-refractivity contribution in [3.63, 3.8) is 0 Å². The Morgan fingerprint density at radius 1 is 1.41 bits per heavy atom. The molecule has 2 rings (SSSR count). The second-order valence-corrected chi connectivity index (χ2v) is 5.02. The van der Waals surface area contributed by atoms with Gasteiger partial charge in [-0.25, -0.2) is 0 Å². The fourth-order valence-corrected chi connectivity index (χ4v) is 2.14. The third-order valence-corrected chi connectivity index (χ3v) is 3.44. The summed E-state index contributed by atoms with van der Waals surface area (Å²) >= 11 is 0. The molecule has 0 spiro atoms. The number of carbonyl (C=O) groups excluding carboxylic acids is 1. The van der Waals surface area contributed by atoms with E-state index in [4.69, 9.17) is 9.84 Å². The van der Waals surface area contributed by atoms with E-state index < -0.39 is 11.9 Å². The van der Waals surface area contributed by atoms with Gasteiger partial charge in [-0.15, -0.1) is 0 Å². The molecule has 1 aliphatic carbocycles. The second kappa shape index (κ2) is 5.04. The van der Waals surface area contributed by atoms with Gasteiger partial charge < -0.3 is 14.7 Å². The zero-order valence-corrected chi connectivity index (χ0v) is 10.1. The summed E-state index contributed by atoms with van der Waals surface area (Å²) in [6.07, 6.45) is 2.78. The number of hydrogen-bond acceptors (Lipinski definition) is 3. The number of carboxylic acids is 1. The van der Waals surface area contributed by atoms with Crippen molar-refractivity contribution in [3.05, 3.63) is 0 Å². The van der Waals surface area contributed by atoms with E-state index in [0.29, 0.717) is 19.8 Å². The molecule has 1 heterocycles. The molecule has 0 unspecified atom stereocenters. The fourth-order valence-electron chi connectivity index (χ4n) is 2.14. The molecule has 1 N–H and O–H groups in total. The van der Waals surface area contributed by atoms with Gasteiger partial charge in [0.15, 0.2) is 0 Å². The predicted molar refractivity (Wildman–Crippen MR) is 60.5 cm³/mol. The average molecular weight is 241 g/mol. The van der Waals surface area contributed by atoms with E-state index in [1.807, 2.05) is 0 Å². The van der Waals surface area contributed by atoms with Gasteiger partial charge in [0.05, 0.1) is 18.4 Å². The van der Waals surface area contributed by atoms with Crippen molar-refractivity contribution >= 4 is 11.9 Å². The van der Waals surface area contributed by atoms with Gasteiger partial charge in [0.1, 0.15) is 0 Å². The van der Waals surface area contributed by atoms with Crippen molar-refractivity contribution in [2.24, 2.45) is 11.8 Å². The summed E-state index contributed by atoms with van der Waals surface area (Å²) in [5.74, 6) is -1.32. The van der Waals surface area contributed by atoms with Gasteiger partial charge in [-0.3, -0.25) is 9.59 Å². The Kier molecular flexibility index (Phi) is 3.66. The highest BCUT2D eigenvalue weighted by molar-refractivity contribution is 5.80. The summed E-state index contributed by atoms with van der Waals surface area (Å²) in [7, 11) is 0. The highest BCUT2D eigenvalue weighted by Gasteiger charge is 2.38. The highest BCUT2D eigenvalue weighted by Crippen LogP contribution is 2.30. The van der Waals surface area contributed by atoms with Crippen LogP contribution in [0.2, 0.25) is 0 Å². The average Bonchev–Trinajstić information content (AvgIpc) is 2.98. The molecule has 0 radical (unpaired) electrons. The first-order valence-corrected chi connectivity index (χ1v) is 6.20. The first-order valence-electron chi connectivity index (χ1n) is 6.20. The van der Waals surface area contributed by atoms with Gasteiger partial charge in [0, 0.05) is 19.2 Å². The van der Waals surface area contributed by atoms with E-state index in [0.717, 1.165) is 19.3 Å². The lowest BCUT2D eigenvalue weighted by molar-refractivity contribution is -0.144. The van der Waals surface area contributed by atoms with E-state index in [-0.39, 0.29) is 17.9 Å². The van der Waals surface area contributed by atoms with Crippen LogP contribution >= 0.6 is 0 Å². The van der Waals surface area contributed by atoms with Crippen molar-refractivity contribution in [3.8, 4) is 0 Å². The van der Waals surface area contributed by atoms with Crippen molar-refractivity contribution in [2.45, 2.75) is 32.2 Å². The molecule has 0 bridgehead atoms. The van der Waals surface area contributed by atoms with Crippen LogP contribution in [-0.2, 0) is 14.3 Å². The van der Waals surface area contributed by atoms with Crippen molar-refractivity contribution in [1.29, 1.82) is 0 Å². The molecule has 2 atom stereocenters. The smallest absolute Gasteiger partial charge is 0.308 e. The topological polar surface area (TPSA) is 66.8 Å². The Balaban J connectivity index is 1.96. The summed E-state index contributed by atoms with van der Waals surface area (Å²) in [6, 6.07) is 0.268. The number of amides is 1. The molecular weight excluding hydrogens is 222 g/mol. The van der Waals surface area contributed by atoms with E-state index in [1.54, 1.807) is 11.8 Å². The van der Waals surface area contributed by atoms with E-state index in [9.17, 15) is 9.59 Å². The number of ether oxygens (including phenoxy) is 1. The fraction of sp³-hybridized carbons (Fsp3) is 0.833. The van der Waals surface area contributed by atoms with E-state index in [1.165, 1.54) is 0 Å². The lowest BCUT2D eigenvalue weighted by Gasteiger charge is -2.26. The van der Waals surface area contributed by atoms with Crippen LogP contribution in [0.1, 0.15) is 26.2 Å². The molecule has 1 saturated heterocycles. The van der Waals surface area contributed by atoms with Gasteiger partial charge >= 0.3 is 5.97 Å². The monoisotopic (exact) mass is 241 g/mol. The summed E-state index contributed by atoms with van der Waals surface area (Å²) < 4.78 is 5.22. The minimum absolute atomic E-state index is 0.0587. The number of nitrogens with zero attached hydrogens (tertiary/aromatic N) is 1. The highest BCUT2D eigenvalue weighted by atomic mass is 16.5. The van der Waals surface area contributed by atoms with Gasteiger partial charge in [-0.2, -0.15) is 0 Å². The Hall–Kier alpha value is -1.10. The van der Waals surface area contributed by atoms with Gasteiger partial charge in [-0.1, -0.05) is 6.92 Å². The summed E-state index contributed by atoms with van der Waals surface area (Å²) in [6.45, 7) is 3.11. The third kappa shape index (κ3) is 2.97. The van der Waals surface area contributed by atoms with Crippen LogP contribution in [0.3, 0.4) is 0 Å². The molecule has 5 heteroatoms. The summed E-state index contributed by atoms with van der Waals surface area (Å²) in [5, 5.41) is 8.92. The van der Waals surface area contributed by atoms with Crippen molar-refractivity contribution in [1.82, 2.24) is 4.90 Å². The van der Waals surface area contributed by atoms with Crippen LogP contribution in [0.5, 0.6) is 0 Å². The molecule has 1 saturated carbocycles. The Labute approximate surface area is 101 Å². The molecule has 2 fully saturated rings. The molecule has 2 aliphatic rings. The molecule has 5 nitrogen and oxygen atoms in total. The molecule has 96 valence electrons. The van der Waals surface area contributed by atoms with Gasteiger partial charge in [-0.05, 0) is 19.3 Å². The molecule has 0 aromatic heterocycles. The molecule has 1 amide bonds. The van der Waals surface area contributed by atoms with Crippen LogP contribution in [0, 0.1) is 11.8 Å². The zero-order chi connectivity index (χ0) is 12.4. The number of rotatable bonds is 5. The first kappa shape index (κ1) is 12.4. The SMILES string of the molecule is C[C@H](CN(C(=O)[C@@H]1CCOC1)C1CC1)C(=O)O. The summed E-state index contributed by atoms with van der Waals surface area (Å²) in [4.78, 5) is 24.9. The largest absolute Gasteiger partial charge is 0.481 e. The van der Waals surface area contributed by atoms with E-state index >= 15 is 0 Å². The maximum atomic E-state index is 12.2. The van der Waals surface area contributed by atoms with Crippen molar-refractivity contribution in [2.75, 3.05) is 19.8 Å². The summed E-state index contributed by atoms with van der Waals surface area (Å²) in [5.41, 5.74) is 0. The zero-order valence-electron chi connectivity index (χ0n) is 10.1. The normalized spacial score (nSPS) is 25.6. The minimum atomic E-state index is -0.842. The van der Waals surface area contributed by atoms with Crippen LogP contribution in [0.4, 0.5) is 0 Å². The Morgan fingerprint density at radius 3 is 2.59 bits per heavy atom. The molecule has 1 aliphatic heterocycles. The Morgan fingerprint density at radius 2 is 2.12 bits per heavy atom. The number of aliphatic carboxylic acids is 1. The molecule has 0 aromatic rings. The Bertz CT molecular complexity index is 308. The molecular formula is C12H19NO4. The lowest BCUT2D eigenvalue weighted by Crippen LogP contribution is -2.42. The van der Waals surface area contributed by atoms with Crippen LogP contribution in [0.15, 0.2) is 0 Å². The quantitative estimate of drug-likeness (QED) is 0.770. The van der Waals surface area contributed by atoms with Crippen molar-refractivity contribution < 1.29 is 19.4 Å². The first-order chi connectivity index (χ1) is 8.09. The minimum Gasteiger partial charge on any atom is -0.481 e. The third-order valence-electron chi connectivity index (χ3n) is 3.44. The molecule has 0 aromatic carbocycles. The van der Waals surface area contributed by atoms with Crippen LogP contribution < -0.4 is 0 Å². The maximum Gasteiger partial charge on any atom is 0.308 e. The number of carbonyl (C=O) groups is 2. The van der Waals surface area contributed by atoms with Gasteiger partial charge in [0.25, 0.3) is 0 Å². The van der Waals surface area contributed by atoms with Crippen LogP contribution in [-0.4, -0.2) is 47.7 Å².